The Morgan fingerprint density at radius 3 is 2.02 bits per heavy atom. The van der Waals surface area contributed by atoms with Crippen LogP contribution in [0.3, 0.4) is 0 Å². The lowest BCUT2D eigenvalue weighted by molar-refractivity contribution is 0.656. The first kappa shape index (κ1) is 26.1. The summed E-state index contributed by atoms with van der Waals surface area (Å²) in [5.74, 6) is 0. The molecule has 0 fully saturated rings. The summed E-state index contributed by atoms with van der Waals surface area (Å²) in [7, 11) is 0. The molecule has 11 rings (SSSR count). The third-order valence-electron chi connectivity index (χ3n) is 10.9. The normalized spacial score (nSPS) is 13.8. The van der Waals surface area contributed by atoms with Crippen molar-refractivity contribution in [3.05, 3.63) is 157 Å². The Bertz CT molecular complexity index is 2980. The van der Waals surface area contributed by atoms with Crippen molar-refractivity contribution < 1.29 is 4.42 Å². The van der Waals surface area contributed by atoms with E-state index in [2.05, 4.69) is 156 Å². The molecule has 0 unspecified atom stereocenters. The van der Waals surface area contributed by atoms with Gasteiger partial charge in [0, 0.05) is 49.5 Å². The molecule has 48 heavy (non-hydrogen) atoms. The summed E-state index contributed by atoms with van der Waals surface area (Å²) in [6.45, 7) is 4.75. The van der Waals surface area contributed by atoms with Gasteiger partial charge in [0.2, 0.25) is 0 Å². The van der Waals surface area contributed by atoms with Gasteiger partial charge in [-0.15, -0.1) is 0 Å². The predicted molar refractivity (Wildman–Crippen MR) is 200 cm³/mol. The number of fused-ring (bicyclic) bond motifs is 13. The summed E-state index contributed by atoms with van der Waals surface area (Å²) in [6.07, 6.45) is 0. The molecule has 1 aliphatic rings. The van der Waals surface area contributed by atoms with E-state index in [1.54, 1.807) is 0 Å². The van der Waals surface area contributed by atoms with Crippen LogP contribution in [-0.2, 0) is 5.41 Å². The lowest BCUT2D eigenvalue weighted by Gasteiger charge is -2.25. The minimum Gasteiger partial charge on any atom is -0.456 e. The molecule has 1 aliphatic carbocycles. The average molecular weight is 615 g/mol. The molecule has 0 saturated heterocycles. The molecule has 0 saturated carbocycles. The first-order chi connectivity index (χ1) is 23.6. The Hall–Kier alpha value is -6.06. The van der Waals surface area contributed by atoms with Gasteiger partial charge in [-0.1, -0.05) is 111 Å². The zero-order valence-electron chi connectivity index (χ0n) is 26.7. The highest BCUT2D eigenvalue weighted by molar-refractivity contribution is 6.26. The monoisotopic (exact) mass is 614 g/mol. The van der Waals surface area contributed by atoms with Gasteiger partial charge < -0.3 is 13.6 Å². The van der Waals surface area contributed by atoms with Crippen LogP contribution in [0, 0.1) is 0 Å². The number of rotatable bonds is 2. The number of furan rings is 1. The lowest BCUT2D eigenvalue weighted by atomic mass is 9.81. The molecule has 0 radical (unpaired) electrons. The summed E-state index contributed by atoms with van der Waals surface area (Å²) in [5, 5.41) is 7.28. The van der Waals surface area contributed by atoms with Crippen molar-refractivity contribution in [2.24, 2.45) is 0 Å². The maximum absolute atomic E-state index is 6.41. The van der Waals surface area contributed by atoms with Gasteiger partial charge in [0.1, 0.15) is 11.2 Å². The topological polar surface area (TPSA) is 23.0 Å². The highest BCUT2D eigenvalue weighted by atomic mass is 16.3. The molecule has 0 spiro atoms. The van der Waals surface area contributed by atoms with Gasteiger partial charge in [0.15, 0.2) is 0 Å². The van der Waals surface area contributed by atoms with Crippen molar-refractivity contribution in [3.8, 4) is 22.5 Å². The Balaban J connectivity index is 1.28. The van der Waals surface area contributed by atoms with Gasteiger partial charge in [-0.3, -0.25) is 0 Å². The SMILES string of the molecule is CC1(C)c2ccccc2-c2cccc(-n3c4ccccc4c4c3ccc3c5ccccc5n(-c5ccc6c(c5)oc5ccccc56)c34)c21. The highest BCUT2D eigenvalue weighted by Crippen LogP contribution is 2.52. The van der Waals surface area contributed by atoms with E-state index in [0.29, 0.717) is 0 Å². The van der Waals surface area contributed by atoms with Crippen molar-refractivity contribution in [2.45, 2.75) is 19.3 Å². The number of benzene rings is 7. The maximum atomic E-state index is 6.41. The third-order valence-corrected chi connectivity index (χ3v) is 10.9. The van der Waals surface area contributed by atoms with E-state index < -0.39 is 0 Å². The Morgan fingerprint density at radius 1 is 0.479 bits per heavy atom. The quantitative estimate of drug-likeness (QED) is 0.190. The van der Waals surface area contributed by atoms with Crippen molar-refractivity contribution in [2.75, 3.05) is 0 Å². The smallest absolute Gasteiger partial charge is 0.137 e. The van der Waals surface area contributed by atoms with Crippen LogP contribution in [0.1, 0.15) is 25.0 Å². The second kappa shape index (κ2) is 9.05. The fraction of sp³-hybridized carbons (Fsp3) is 0.0667. The molecule has 3 heteroatoms. The molecule has 3 nitrogen and oxygen atoms in total. The largest absolute Gasteiger partial charge is 0.456 e. The molecule has 0 aliphatic heterocycles. The van der Waals surface area contributed by atoms with Crippen LogP contribution in [0.25, 0.3) is 88.1 Å². The van der Waals surface area contributed by atoms with Gasteiger partial charge in [0.05, 0.1) is 27.8 Å². The van der Waals surface area contributed by atoms with Crippen LogP contribution in [0.4, 0.5) is 0 Å². The molecular formula is C45H30N2O. The summed E-state index contributed by atoms with van der Waals surface area (Å²) >= 11 is 0. The van der Waals surface area contributed by atoms with Crippen molar-refractivity contribution in [1.29, 1.82) is 0 Å². The van der Waals surface area contributed by atoms with E-state index in [4.69, 9.17) is 4.42 Å². The van der Waals surface area contributed by atoms with E-state index in [0.717, 1.165) is 27.6 Å². The van der Waals surface area contributed by atoms with Gasteiger partial charge >= 0.3 is 0 Å². The molecule has 0 N–H and O–H groups in total. The number of aromatic nitrogens is 2. The van der Waals surface area contributed by atoms with Crippen LogP contribution >= 0.6 is 0 Å². The number of hydrogen-bond acceptors (Lipinski definition) is 1. The van der Waals surface area contributed by atoms with Crippen molar-refractivity contribution >= 4 is 65.6 Å². The fourth-order valence-corrected chi connectivity index (χ4v) is 8.90. The van der Waals surface area contributed by atoms with E-state index in [-0.39, 0.29) is 5.41 Å². The van der Waals surface area contributed by atoms with E-state index in [9.17, 15) is 0 Å². The molecule has 0 atom stereocenters. The molecule has 0 amide bonds. The van der Waals surface area contributed by atoms with Gasteiger partial charge in [-0.25, -0.2) is 0 Å². The average Bonchev–Trinajstić information content (AvgIpc) is 3.83. The predicted octanol–water partition coefficient (Wildman–Crippen LogP) is 12.1. The molecule has 7 aromatic carbocycles. The first-order valence-corrected chi connectivity index (χ1v) is 16.7. The van der Waals surface area contributed by atoms with Crippen molar-refractivity contribution in [1.82, 2.24) is 9.13 Å². The second-order valence-electron chi connectivity index (χ2n) is 13.7. The van der Waals surface area contributed by atoms with E-state index in [1.165, 1.54) is 71.6 Å². The van der Waals surface area contributed by atoms with E-state index in [1.807, 2.05) is 12.1 Å². The Morgan fingerprint density at radius 2 is 1.15 bits per heavy atom. The van der Waals surface area contributed by atoms with Crippen LogP contribution < -0.4 is 0 Å². The Kier molecular flexibility index (Phi) is 4.91. The minimum atomic E-state index is -0.138. The summed E-state index contributed by atoms with van der Waals surface area (Å²) < 4.78 is 11.4. The van der Waals surface area contributed by atoms with Gasteiger partial charge in [0.25, 0.3) is 0 Å². The lowest BCUT2D eigenvalue weighted by Crippen LogP contribution is -2.18. The number of nitrogens with zero attached hydrogens (tertiary/aromatic N) is 2. The van der Waals surface area contributed by atoms with Crippen LogP contribution in [0.5, 0.6) is 0 Å². The highest BCUT2D eigenvalue weighted by Gasteiger charge is 2.38. The molecule has 3 aromatic heterocycles. The maximum Gasteiger partial charge on any atom is 0.137 e. The molecule has 3 heterocycles. The van der Waals surface area contributed by atoms with Gasteiger partial charge in [-0.05, 0) is 64.7 Å². The first-order valence-electron chi connectivity index (χ1n) is 16.7. The molecule has 0 bridgehead atoms. The third kappa shape index (κ3) is 3.18. The zero-order chi connectivity index (χ0) is 31.7. The molecular weight excluding hydrogens is 585 g/mol. The number of hydrogen-bond donors (Lipinski definition) is 0. The van der Waals surface area contributed by atoms with Crippen LogP contribution in [0.15, 0.2) is 150 Å². The Labute approximate surface area is 276 Å². The fourth-order valence-electron chi connectivity index (χ4n) is 8.90. The van der Waals surface area contributed by atoms with Crippen molar-refractivity contribution in [3.63, 3.8) is 0 Å². The molecule has 10 aromatic rings. The van der Waals surface area contributed by atoms with Crippen LogP contribution in [0.2, 0.25) is 0 Å². The summed E-state index contributed by atoms with van der Waals surface area (Å²) in [4.78, 5) is 0. The minimum absolute atomic E-state index is 0.138. The zero-order valence-corrected chi connectivity index (χ0v) is 26.7. The number of para-hydroxylation sites is 3. The molecule has 226 valence electrons. The summed E-state index contributed by atoms with van der Waals surface area (Å²) in [6, 6.07) is 53.1. The second-order valence-corrected chi connectivity index (χ2v) is 13.7. The van der Waals surface area contributed by atoms with E-state index >= 15 is 0 Å². The standard InChI is InChI=1S/C45H30N2O/c1-45(2)35-17-7-3-12-28(35)32-16-11-20-39(43(32)45)47-37-19-9-5-15-34(37)42-38(47)25-24-33-29-13-4-8-18-36(29)46(44(33)42)27-22-23-31-30-14-6-10-21-40(30)48-41(31)26-27/h3-26H,1-2H3. The summed E-state index contributed by atoms with van der Waals surface area (Å²) in [5.41, 5.74) is 14.3. The van der Waals surface area contributed by atoms with Gasteiger partial charge in [-0.2, -0.15) is 0 Å². The van der Waals surface area contributed by atoms with Crippen LogP contribution in [-0.4, -0.2) is 9.13 Å².